The van der Waals surface area contributed by atoms with Crippen LogP contribution in [0.3, 0.4) is 0 Å². The summed E-state index contributed by atoms with van der Waals surface area (Å²) in [6, 6.07) is 18.7. The topological polar surface area (TPSA) is 95.4 Å². The molecule has 8 heteroatoms. The fourth-order valence-corrected chi connectivity index (χ4v) is 5.06. The number of carboxylic acid groups (broad SMARTS) is 1. The Labute approximate surface area is 220 Å². The third-order valence-corrected chi connectivity index (χ3v) is 7.28. The highest BCUT2D eigenvalue weighted by molar-refractivity contribution is 5.79. The number of carbonyl (C=O) groups is 1. The quantitative estimate of drug-likeness (QED) is 0.211. The number of benzene rings is 2. The smallest absolute Gasteiger partial charge is 0.317 e. The van der Waals surface area contributed by atoms with E-state index in [0.29, 0.717) is 19.7 Å². The van der Waals surface area contributed by atoms with Gasteiger partial charge in [-0.3, -0.25) is 14.5 Å². The average Bonchev–Trinajstić information content (AvgIpc) is 3.38. The lowest BCUT2D eigenvalue weighted by Gasteiger charge is -2.42. The van der Waals surface area contributed by atoms with E-state index in [1.165, 1.54) is 5.56 Å². The number of carboxylic acids is 1. The van der Waals surface area contributed by atoms with Crippen LogP contribution in [-0.2, 0) is 21.0 Å². The number of likely N-dealkylation sites (tertiary alicyclic amines) is 1. The molecule has 2 aliphatic heterocycles. The molecule has 37 heavy (non-hydrogen) atoms. The van der Waals surface area contributed by atoms with Crippen molar-refractivity contribution in [3.63, 3.8) is 0 Å². The van der Waals surface area contributed by atoms with Crippen LogP contribution in [0.4, 0.5) is 0 Å². The molecule has 0 bridgehead atoms. The van der Waals surface area contributed by atoms with Gasteiger partial charge in [-0.05, 0) is 42.4 Å². The lowest BCUT2D eigenvalue weighted by atomic mass is 9.84. The van der Waals surface area contributed by atoms with Gasteiger partial charge in [0.05, 0.1) is 37.1 Å². The zero-order chi connectivity index (χ0) is 25.9. The van der Waals surface area contributed by atoms with Gasteiger partial charge in [0.25, 0.3) is 0 Å². The van der Waals surface area contributed by atoms with Crippen molar-refractivity contribution in [1.29, 1.82) is 0 Å². The van der Waals surface area contributed by atoms with E-state index in [0.717, 1.165) is 56.2 Å². The summed E-state index contributed by atoms with van der Waals surface area (Å²) in [4.78, 5) is 19.2. The van der Waals surface area contributed by atoms with Gasteiger partial charge in [-0.15, -0.1) is 0 Å². The Morgan fingerprint density at radius 1 is 1.22 bits per heavy atom. The Morgan fingerprint density at radius 3 is 2.68 bits per heavy atom. The number of piperidine rings is 1. The second kappa shape index (κ2) is 13.7. The molecule has 0 aliphatic carbocycles. The molecule has 0 radical (unpaired) electrons. The third kappa shape index (κ3) is 8.36. The first kappa shape index (κ1) is 27.3. The van der Waals surface area contributed by atoms with Gasteiger partial charge >= 0.3 is 5.97 Å². The van der Waals surface area contributed by atoms with Gasteiger partial charge in [-0.2, -0.15) is 10.6 Å². The Balaban J connectivity index is 1.33. The molecular formula is C29H40N4O4. The van der Waals surface area contributed by atoms with Crippen molar-refractivity contribution in [3.05, 3.63) is 71.3 Å². The zero-order valence-corrected chi connectivity index (χ0v) is 21.8. The molecule has 2 aromatic carbocycles. The Hall–Kier alpha value is -2.78. The van der Waals surface area contributed by atoms with E-state index in [2.05, 4.69) is 59.3 Å². The van der Waals surface area contributed by atoms with Crippen molar-refractivity contribution in [1.82, 2.24) is 15.8 Å². The first-order valence-corrected chi connectivity index (χ1v) is 13.4. The van der Waals surface area contributed by atoms with Crippen molar-refractivity contribution in [2.24, 2.45) is 5.10 Å². The van der Waals surface area contributed by atoms with E-state index in [-0.39, 0.29) is 24.3 Å². The van der Waals surface area contributed by atoms with Crippen molar-refractivity contribution < 1.29 is 19.5 Å². The van der Waals surface area contributed by atoms with Crippen LogP contribution in [0.2, 0.25) is 0 Å². The minimum Gasteiger partial charge on any atom is -0.480 e. The highest BCUT2D eigenvalue weighted by Crippen LogP contribution is 2.37. The molecule has 2 saturated heterocycles. The van der Waals surface area contributed by atoms with Crippen LogP contribution < -0.4 is 10.9 Å². The van der Waals surface area contributed by atoms with E-state index in [4.69, 9.17) is 9.57 Å². The van der Waals surface area contributed by atoms with Gasteiger partial charge < -0.3 is 15.3 Å². The summed E-state index contributed by atoms with van der Waals surface area (Å²) in [5.41, 5.74) is 9.37. The molecule has 0 aromatic heterocycles. The van der Waals surface area contributed by atoms with Gasteiger partial charge in [0.15, 0.2) is 0 Å². The van der Waals surface area contributed by atoms with Crippen LogP contribution in [0.25, 0.3) is 0 Å². The summed E-state index contributed by atoms with van der Waals surface area (Å²) < 4.78 is 6.59. The molecule has 0 saturated carbocycles. The number of hydrogen-bond donors (Lipinski definition) is 3. The van der Waals surface area contributed by atoms with Crippen molar-refractivity contribution in [3.8, 4) is 0 Å². The normalized spacial score (nSPS) is 21.9. The first-order valence-electron chi connectivity index (χ1n) is 13.4. The van der Waals surface area contributed by atoms with Crippen LogP contribution in [0.15, 0.2) is 59.7 Å². The number of hydroxylamine groups is 1. The molecule has 2 unspecified atom stereocenters. The largest absolute Gasteiger partial charge is 0.480 e. The number of ether oxygens (including phenoxy) is 1. The molecule has 0 spiro atoms. The maximum Gasteiger partial charge on any atom is 0.317 e. The second-order valence-corrected chi connectivity index (χ2v) is 10.2. The number of aliphatic carboxylic acids is 1. The fourth-order valence-electron chi connectivity index (χ4n) is 5.06. The molecule has 0 amide bonds. The minimum absolute atomic E-state index is 0.0239. The van der Waals surface area contributed by atoms with E-state index in [1.807, 2.05) is 29.3 Å². The summed E-state index contributed by atoms with van der Waals surface area (Å²) >= 11 is 0. The number of rotatable bonds is 13. The molecule has 8 nitrogen and oxygen atoms in total. The predicted molar refractivity (Wildman–Crippen MR) is 144 cm³/mol. The average molecular weight is 509 g/mol. The standard InChI is InChI=1S/C29H40N4O4/c1-2-3-15-30-31-20-23-9-11-25(12-10-23)27-18-26(37-32-27)19-29(36-22-24-7-5-4-6-8-24)13-16-33(17-14-29)21-28(34)35/h4-12,20,26-27,30,32H,2-3,13-19,21-22H2,1H3,(H,34,35). The lowest BCUT2D eigenvalue weighted by Crippen LogP contribution is -2.49. The first-order chi connectivity index (χ1) is 18.0. The molecule has 4 rings (SSSR count). The molecule has 2 aromatic rings. The summed E-state index contributed by atoms with van der Waals surface area (Å²) in [6.07, 6.45) is 7.36. The Morgan fingerprint density at radius 2 is 1.97 bits per heavy atom. The number of unbranched alkanes of at least 4 members (excludes halogenated alkanes) is 1. The zero-order valence-electron chi connectivity index (χ0n) is 21.8. The van der Waals surface area contributed by atoms with Gasteiger partial charge in [-0.1, -0.05) is 67.9 Å². The van der Waals surface area contributed by atoms with Crippen LogP contribution in [0, 0.1) is 0 Å². The predicted octanol–water partition coefficient (Wildman–Crippen LogP) is 4.27. The van der Waals surface area contributed by atoms with Gasteiger partial charge in [-0.25, -0.2) is 0 Å². The SMILES string of the molecule is CCCCNN=Cc1ccc(C2CC(CC3(OCc4ccccc4)CCN(CC(=O)O)CC3)ON2)cc1. The second-order valence-electron chi connectivity index (χ2n) is 10.2. The summed E-state index contributed by atoms with van der Waals surface area (Å²) in [6.45, 7) is 5.09. The highest BCUT2D eigenvalue weighted by Gasteiger charge is 2.41. The summed E-state index contributed by atoms with van der Waals surface area (Å²) in [7, 11) is 0. The summed E-state index contributed by atoms with van der Waals surface area (Å²) in [5.74, 6) is -0.783. The molecule has 2 fully saturated rings. The van der Waals surface area contributed by atoms with E-state index in [9.17, 15) is 9.90 Å². The Bertz CT molecular complexity index is 991. The molecule has 2 aliphatic rings. The van der Waals surface area contributed by atoms with Crippen LogP contribution in [0.1, 0.15) is 68.2 Å². The van der Waals surface area contributed by atoms with Gasteiger partial charge in [0.1, 0.15) is 0 Å². The summed E-state index contributed by atoms with van der Waals surface area (Å²) in [5, 5.41) is 13.5. The monoisotopic (exact) mass is 508 g/mol. The van der Waals surface area contributed by atoms with Crippen LogP contribution in [-0.4, -0.2) is 60.1 Å². The molecular weight excluding hydrogens is 468 g/mol. The van der Waals surface area contributed by atoms with E-state index in [1.54, 1.807) is 0 Å². The maximum atomic E-state index is 11.2. The third-order valence-electron chi connectivity index (χ3n) is 7.28. The molecule has 3 N–H and O–H groups in total. The lowest BCUT2D eigenvalue weighted by molar-refractivity contribution is -0.143. The number of hydrazone groups is 1. The number of hydrogen-bond acceptors (Lipinski definition) is 7. The maximum absolute atomic E-state index is 11.2. The van der Waals surface area contributed by atoms with Gasteiger partial charge in [0.2, 0.25) is 0 Å². The Kier molecular flexibility index (Phi) is 10.1. The molecule has 2 heterocycles. The fraction of sp³-hybridized carbons (Fsp3) is 0.517. The number of nitrogens with one attached hydrogen (secondary N) is 2. The molecule has 2 atom stereocenters. The highest BCUT2D eigenvalue weighted by atomic mass is 16.7. The van der Waals surface area contributed by atoms with E-state index >= 15 is 0 Å². The van der Waals surface area contributed by atoms with Crippen molar-refractivity contribution in [2.45, 2.75) is 69.8 Å². The number of nitrogens with zero attached hydrogens (tertiary/aromatic N) is 2. The van der Waals surface area contributed by atoms with E-state index < -0.39 is 5.97 Å². The minimum atomic E-state index is -0.783. The van der Waals surface area contributed by atoms with Crippen LogP contribution >= 0.6 is 0 Å². The van der Waals surface area contributed by atoms with Gasteiger partial charge in [0, 0.05) is 26.1 Å². The van der Waals surface area contributed by atoms with Crippen molar-refractivity contribution in [2.75, 3.05) is 26.2 Å². The van der Waals surface area contributed by atoms with Crippen LogP contribution in [0.5, 0.6) is 0 Å². The molecule has 200 valence electrons. The van der Waals surface area contributed by atoms with Crippen molar-refractivity contribution >= 4 is 12.2 Å².